The monoisotopic (exact) mass is 1170 g/mol. The van der Waals surface area contributed by atoms with Crippen molar-refractivity contribution in [3.05, 3.63) is 0 Å². The van der Waals surface area contributed by atoms with Gasteiger partial charge in [-0.25, -0.2) is 0 Å². The normalized spacial score (nSPS) is 10.0. The molecule has 0 spiro atoms. The second kappa shape index (κ2) is 69.7. The summed E-state index contributed by atoms with van der Waals surface area (Å²) in [6.07, 6.45) is 29.2. The molecule has 0 amide bonds. The van der Waals surface area contributed by atoms with Crippen LogP contribution in [0, 0.1) is 0 Å². The van der Waals surface area contributed by atoms with Crippen molar-refractivity contribution in [1.82, 2.24) is 0 Å². The molecule has 45 heavy (non-hydrogen) atoms. The number of rotatable bonds is 30. The average molecular weight is 1160 g/mol. The molecule has 0 heterocycles. The zero-order valence-electron chi connectivity index (χ0n) is 33.7. The van der Waals surface area contributed by atoms with E-state index in [1.807, 2.05) is 0 Å². The van der Waals surface area contributed by atoms with Gasteiger partial charge in [-0.1, -0.05) is 0 Å². The van der Waals surface area contributed by atoms with Crippen molar-refractivity contribution in [2.75, 3.05) is 0 Å². The minimum absolute atomic E-state index is 0.149. The molecule has 0 rings (SSSR count). The molecule has 0 N–H and O–H groups in total. The van der Waals surface area contributed by atoms with E-state index in [0.29, 0.717) is 0 Å². The molecule has 0 aromatic rings. The van der Waals surface area contributed by atoms with Gasteiger partial charge in [-0.15, -0.1) is 0 Å². The van der Waals surface area contributed by atoms with Gasteiger partial charge in [-0.3, -0.25) is 0 Å². The molecular weight excluding hydrogens is 1070 g/mol. The number of hydrogen-bond donors (Lipinski definition) is 0. The van der Waals surface area contributed by atoms with Crippen LogP contribution < -0.4 is 0 Å². The third-order valence-corrected chi connectivity index (χ3v) is 27.3. The van der Waals surface area contributed by atoms with Crippen LogP contribution in [-0.2, 0) is 0 Å². The first-order valence-electron chi connectivity index (χ1n) is 20.6. The fourth-order valence-electron chi connectivity index (χ4n) is 3.64. The fourth-order valence-corrected chi connectivity index (χ4v) is 24.4. The van der Waals surface area contributed by atoms with Crippen molar-refractivity contribution in [2.45, 2.75) is 242 Å². The van der Waals surface area contributed by atoms with Crippen LogP contribution in [0.25, 0.3) is 0 Å². The van der Waals surface area contributed by atoms with Crippen molar-refractivity contribution >= 4 is 106 Å². The van der Waals surface area contributed by atoms with Gasteiger partial charge >= 0.3 is 348 Å². The summed E-state index contributed by atoms with van der Waals surface area (Å²) in [7, 11) is 0. The van der Waals surface area contributed by atoms with Crippen LogP contribution in [0.1, 0.15) is 198 Å². The van der Waals surface area contributed by atoms with Crippen LogP contribution in [0.5, 0.6) is 0 Å². The average Bonchev–Trinajstić information content (AvgIpc) is 3.06. The van der Waals surface area contributed by atoms with E-state index in [-0.39, 0.29) is 106 Å². The topological polar surface area (TPSA) is 0 Å². The molecule has 0 aliphatic rings. The van der Waals surface area contributed by atoms with Gasteiger partial charge in [-0.05, 0) is 0 Å². The first kappa shape index (κ1) is 58.3. The Morgan fingerprint density at radius 1 is 0.178 bits per heavy atom. The molecule has 0 unspecified atom stereocenters. The predicted octanol–water partition coefficient (Wildman–Crippen LogP) is 15.6. The SMILES string of the molecule is CCC[CH2][Sn][CH2]CCC.CCC[CH2][Sn][CH2]CCC.CCC[CH2][Sn][CH2]CCC.CCC[CH2][Sn][CH2]CCC.CCC[CH2][Sn][CH2]CCC. The van der Waals surface area contributed by atoms with Gasteiger partial charge in [0, 0.05) is 0 Å². The summed E-state index contributed by atoms with van der Waals surface area (Å²) in [5, 5.41) is 0. The molecule has 0 saturated carbocycles. The summed E-state index contributed by atoms with van der Waals surface area (Å²) < 4.78 is 16.2. The van der Waals surface area contributed by atoms with Crippen LogP contribution in [0.2, 0.25) is 44.4 Å². The Balaban J connectivity index is -0.000000148. The number of hydrogen-bond acceptors (Lipinski definition) is 0. The number of unbranched alkanes of at least 4 members (excludes halogenated alkanes) is 10. The van der Waals surface area contributed by atoms with Gasteiger partial charge in [0.2, 0.25) is 0 Å². The van der Waals surface area contributed by atoms with Gasteiger partial charge < -0.3 is 0 Å². The molecule has 10 radical (unpaired) electrons. The van der Waals surface area contributed by atoms with E-state index in [1.165, 1.54) is 128 Å². The van der Waals surface area contributed by atoms with Gasteiger partial charge in [0.05, 0.1) is 0 Å². The summed E-state index contributed by atoms with van der Waals surface area (Å²) in [5.41, 5.74) is 0. The third kappa shape index (κ3) is 87.9. The Labute approximate surface area is 343 Å². The van der Waals surface area contributed by atoms with Crippen LogP contribution >= 0.6 is 0 Å². The molecule has 0 nitrogen and oxygen atoms in total. The maximum atomic E-state index is 2.29. The molecule has 0 fully saturated rings. The maximum absolute atomic E-state index is 2.29. The van der Waals surface area contributed by atoms with E-state index in [1.54, 1.807) is 44.4 Å². The van der Waals surface area contributed by atoms with Crippen molar-refractivity contribution < 1.29 is 0 Å². The predicted molar refractivity (Wildman–Crippen MR) is 226 cm³/mol. The van der Waals surface area contributed by atoms with Crippen molar-refractivity contribution in [1.29, 1.82) is 0 Å². The van der Waals surface area contributed by atoms with Gasteiger partial charge in [0.1, 0.15) is 0 Å². The first-order chi connectivity index (χ1) is 22.1. The first-order valence-corrected chi connectivity index (χ1v) is 40.8. The zero-order chi connectivity index (χ0) is 34.7. The molecule has 0 aliphatic carbocycles. The van der Waals surface area contributed by atoms with E-state index in [9.17, 15) is 0 Å². The van der Waals surface area contributed by atoms with E-state index in [4.69, 9.17) is 0 Å². The summed E-state index contributed by atoms with van der Waals surface area (Å²) in [6.45, 7) is 22.9. The summed E-state index contributed by atoms with van der Waals surface area (Å²) in [5.74, 6) is 0. The molecule has 0 aromatic heterocycles. The quantitative estimate of drug-likeness (QED) is 0.0497. The molecule has 0 aromatic carbocycles. The van der Waals surface area contributed by atoms with Crippen LogP contribution in [-0.4, -0.2) is 106 Å². The minimum atomic E-state index is 0.149. The van der Waals surface area contributed by atoms with E-state index in [2.05, 4.69) is 69.2 Å². The van der Waals surface area contributed by atoms with Gasteiger partial charge in [0.15, 0.2) is 0 Å². The molecule has 270 valence electrons. The van der Waals surface area contributed by atoms with Gasteiger partial charge in [-0.2, -0.15) is 0 Å². The summed E-state index contributed by atoms with van der Waals surface area (Å²) >= 11 is 0.747. The molecule has 0 atom stereocenters. The Kier molecular flexibility index (Phi) is 90.3. The molecule has 0 saturated heterocycles. The van der Waals surface area contributed by atoms with Crippen LogP contribution in [0.4, 0.5) is 0 Å². The summed E-state index contributed by atoms with van der Waals surface area (Å²) in [6, 6.07) is 0. The van der Waals surface area contributed by atoms with E-state index in [0.717, 1.165) is 0 Å². The fraction of sp³-hybridized carbons (Fsp3) is 1.00. The second-order valence-corrected chi connectivity index (χ2v) is 33.7. The Hall–Kier alpha value is 3.99. The zero-order valence-corrected chi connectivity index (χ0v) is 48.0. The van der Waals surface area contributed by atoms with E-state index >= 15 is 0 Å². The second-order valence-electron chi connectivity index (χ2n) is 12.3. The molecule has 0 bridgehead atoms. The van der Waals surface area contributed by atoms with Crippen LogP contribution in [0.3, 0.4) is 0 Å². The van der Waals surface area contributed by atoms with E-state index < -0.39 is 0 Å². The Bertz CT molecular complexity index is 270. The van der Waals surface area contributed by atoms with Crippen molar-refractivity contribution in [3.8, 4) is 0 Å². The molecule has 0 aliphatic heterocycles. The Morgan fingerprint density at radius 2 is 0.267 bits per heavy atom. The molecular formula is C40H90Sn5. The third-order valence-electron chi connectivity index (χ3n) is 7.07. The van der Waals surface area contributed by atoms with Crippen molar-refractivity contribution in [3.63, 3.8) is 0 Å². The van der Waals surface area contributed by atoms with Crippen LogP contribution in [0.15, 0.2) is 0 Å². The molecule has 5 heteroatoms. The Morgan fingerprint density at radius 3 is 0.333 bits per heavy atom. The van der Waals surface area contributed by atoms with Crippen molar-refractivity contribution in [2.24, 2.45) is 0 Å². The van der Waals surface area contributed by atoms with Gasteiger partial charge in [0.25, 0.3) is 0 Å². The standard InChI is InChI=1S/10C4H9.5Sn/c10*1-3-4-2;;;;;/h10*1,3-4H2,2H3;;;;;. The summed E-state index contributed by atoms with van der Waals surface area (Å²) in [4.78, 5) is 0.